The monoisotopic (exact) mass is 217 g/mol. The van der Waals surface area contributed by atoms with Crippen LogP contribution in [0.2, 0.25) is 0 Å². The van der Waals surface area contributed by atoms with Crippen molar-refractivity contribution in [3.05, 3.63) is 0 Å². The Balaban J connectivity index is 4.16. The lowest BCUT2D eigenvalue weighted by Crippen LogP contribution is -2.33. The summed E-state index contributed by atoms with van der Waals surface area (Å²) in [7, 11) is 1.45. The van der Waals surface area contributed by atoms with Gasteiger partial charge in [0, 0.05) is 19.4 Å². The fraction of sp³-hybridized carbons (Fsp3) is 0.800. The molecular weight excluding hydrogens is 198 g/mol. The smallest absolute Gasteiger partial charge is 0.409 e. The normalized spacial score (nSPS) is 12.1. The molecule has 0 aliphatic heterocycles. The number of amides is 1. The number of ether oxygens (including phenoxy) is 2. The molecule has 0 bridgehead atoms. The average Bonchev–Trinajstić information content (AvgIpc) is 2.16. The van der Waals surface area contributed by atoms with Crippen LogP contribution in [0.4, 0.5) is 4.79 Å². The second-order valence-corrected chi connectivity index (χ2v) is 3.51. The minimum atomic E-state index is -0.816. The molecule has 0 rings (SSSR count). The van der Waals surface area contributed by atoms with E-state index in [-0.39, 0.29) is 11.9 Å². The standard InChI is InChI=1S/C10H19NO4/c1-5-6-8(12)14-9(7(2)3)15-10(13)11-4/h7,9H,5-6H2,1-4H3,(H,11,13). The number of hydrogen-bond donors (Lipinski definition) is 1. The van der Waals surface area contributed by atoms with Gasteiger partial charge < -0.3 is 14.8 Å². The highest BCUT2D eigenvalue weighted by Crippen LogP contribution is 2.10. The second-order valence-electron chi connectivity index (χ2n) is 3.51. The number of nitrogens with one attached hydrogen (secondary N) is 1. The van der Waals surface area contributed by atoms with Crippen molar-refractivity contribution >= 4 is 12.1 Å². The first-order valence-electron chi connectivity index (χ1n) is 5.09. The van der Waals surface area contributed by atoms with Crippen molar-refractivity contribution in [1.29, 1.82) is 0 Å². The molecule has 0 saturated heterocycles. The van der Waals surface area contributed by atoms with Gasteiger partial charge in [0.1, 0.15) is 0 Å². The van der Waals surface area contributed by atoms with Gasteiger partial charge in [0.25, 0.3) is 6.29 Å². The first kappa shape index (κ1) is 13.7. The van der Waals surface area contributed by atoms with E-state index in [2.05, 4.69) is 5.32 Å². The van der Waals surface area contributed by atoms with E-state index in [0.29, 0.717) is 12.8 Å². The molecule has 0 radical (unpaired) electrons. The van der Waals surface area contributed by atoms with E-state index < -0.39 is 12.4 Å². The minimum absolute atomic E-state index is 0.0666. The summed E-state index contributed by atoms with van der Waals surface area (Å²) in [4.78, 5) is 22.1. The van der Waals surface area contributed by atoms with Crippen molar-refractivity contribution in [3.63, 3.8) is 0 Å². The van der Waals surface area contributed by atoms with Gasteiger partial charge >= 0.3 is 12.1 Å². The fourth-order valence-electron chi connectivity index (χ4n) is 0.853. The lowest BCUT2D eigenvalue weighted by Gasteiger charge is -2.20. The van der Waals surface area contributed by atoms with Crippen LogP contribution in [0.5, 0.6) is 0 Å². The fourth-order valence-corrected chi connectivity index (χ4v) is 0.853. The van der Waals surface area contributed by atoms with Crippen molar-refractivity contribution in [2.24, 2.45) is 5.92 Å². The van der Waals surface area contributed by atoms with Gasteiger partial charge in [-0.15, -0.1) is 0 Å². The summed E-state index contributed by atoms with van der Waals surface area (Å²) >= 11 is 0. The highest BCUT2D eigenvalue weighted by molar-refractivity contribution is 5.70. The molecule has 1 atom stereocenters. The van der Waals surface area contributed by atoms with E-state index in [0.717, 1.165) is 0 Å². The van der Waals surface area contributed by atoms with Gasteiger partial charge in [-0.3, -0.25) is 4.79 Å². The summed E-state index contributed by atoms with van der Waals surface area (Å²) in [5.41, 5.74) is 0. The molecule has 0 saturated carbocycles. The predicted octanol–water partition coefficient (Wildman–Crippen LogP) is 1.67. The third-order valence-corrected chi connectivity index (χ3v) is 1.67. The van der Waals surface area contributed by atoms with Gasteiger partial charge in [0.05, 0.1) is 0 Å². The van der Waals surface area contributed by atoms with Crippen LogP contribution in [-0.2, 0) is 14.3 Å². The summed E-state index contributed by atoms with van der Waals surface area (Å²) in [6.07, 6.45) is -0.369. The van der Waals surface area contributed by atoms with Crippen molar-refractivity contribution in [2.45, 2.75) is 39.9 Å². The lowest BCUT2D eigenvalue weighted by molar-refractivity contribution is -0.174. The molecule has 15 heavy (non-hydrogen) atoms. The zero-order valence-corrected chi connectivity index (χ0v) is 9.70. The van der Waals surface area contributed by atoms with E-state index in [1.54, 1.807) is 0 Å². The highest BCUT2D eigenvalue weighted by atomic mass is 16.7. The molecule has 0 spiro atoms. The molecule has 0 aliphatic rings. The van der Waals surface area contributed by atoms with Gasteiger partial charge in [-0.1, -0.05) is 20.8 Å². The number of rotatable bonds is 5. The summed E-state index contributed by atoms with van der Waals surface area (Å²) in [6, 6.07) is 0. The Bertz CT molecular complexity index is 215. The van der Waals surface area contributed by atoms with Crippen molar-refractivity contribution in [1.82, 2.24) is 5.32 Å². The molecule has 0 heterocycles. The molecule has 0 aromatic heterocycles. The van der Waals surface area contributed by atoms with Gasteiger partial charge in [-0.25, -0.2) is 4.79 Å². The Labute approximate surface area is 90.1 Å². The maximum absolute atomic E-state index is 11.2. The van der Waals surface area contributed by atoms with Crippen LogP contribution in [0.25, 0.3) is 0 Å². The summed E-state index contributed by atoms with van der Waals surface area (Å²) in [6.45, 7) is 5.50. The average molecular weight is 217 g/mol. The van der Waals surface area contributed by atoms with Gasteiger partial charge in [-0.05, 0) is 6.42 Å². The van der Waals surface area contributed by atoms with Crippen molar-refractivity contribution in [2.75, 3.05) is 7.05 Å². The van der Waals surface area contributed by atoms with Crippen molar-refractivity contribution in [3.8, 4) is 0 Å². The van der Waals surface area contributed by atoms with Crippen LogP contribution in [0.1, 0.15) is 33.6 Å². The van der Waals surface area contributed by atoms with Crippen LogP contribution < -0.4 is 5.32 Å². The highest BCUT2D eigenvalue weighted by Gasteiger charge is 2.21. The molecule has 0 aliphatic carbocycles. The van der Waals surface area contributed by atoms with E-state index in [1.165, 1.54) is 7.05 Å². The number of alkyl carbamates (subject to hydrolysis) is 1. The molecule has 1 unspecified atom stereocenters. The maximum atomic E-state index is 11.2. The van der Waals surface area contributed by atoms with Crippen LogP contribution in [0, 0.1) is 5.92 Å². The molecule has 1 N–H and O–H groups in total. The summed E-state index contributed by atoms with van der Waals surface area (Å²) < 4.78 is 9.89. The maximum Gasteiger partial charge on any atom is 0.409 e. The Morgan fingerprint density at radius 3 is 2.27 bits per heavy atom. The van der Waals surface area contributed by atoms with Crippen LogP contribution in [0.3, 0.4) is 0 Å². The first-order chi connectivity index (χ1) is 7.01. The number of esters is 1. The van der Waals surface area contributed by atoms with Gasteiger partial charge in [0.15, 0.2) is 0 Å². The summed E-state index contributed by atoms with van der Waals surface area (Å²) in [5.74, 6) is -0.414. The summed E-state index contributed by atoms with van der Waals surface area (Å²) in [5, 5.41) is 2.30. The van der Waals surface area contributed by atoms with Gasteiger partial charge in [0.2, 0.25) is 0 Å². The zero-order valence-electron chi connectivity index (χ0n) is 9.70. The van der Waals surface area contributed by atoms with Crippen LogP contribution in [-0.4, -0.2) is 25.4 Å². The molecule has 0 aromatic carbocycles. The van der Waals surface area contributed by atoms with Crippen LogP contribution in [0.15, 0.2) is 0 Å². The van der Waals surface area contributed by atoms with E-state index >= 15 is 0 Å². The molecular formula is C10H19NO4. The number of carbonyl (C=O) groups excluding carboxylic acids is 2. The number of hydrogen-bond acceptors (Lipinski definition) is 4. The molecule has 1 amide bonds. The van der Waals surface area contributed by atoms with E-state index in [1.807, 2.05) is 20.8 Å². The topological polar surface area (TPSA) is 64.6 Å². The SMILES string of the molecule is CCCC(=O)OC(OC(=O)NC)C(C)C. The Morgan fingerprint density at radius 1 is 1.27 bits per heavy atom. The molecule has 5 nitrogen and oxygen atoms in total. The largest absolute Gasteiger partial charge is 0.425 e. The van der Waals surface area contributed by atoms with Crippen molar-refractivity contribution < 1.29 is 19.1 Å². The Kier molecular flexibility index (Phi) is 6.49. The molecule has 0 fully saturated rings. The minimum Gasteiger partial charge on any atom is -0.425 e. The quantitative estimate of drug-likeness (QED) is 0.562. The molecule has 0 aromatic rings. The van der Waals surface area contributed by atoms with E-state index in [4.69, 9.17) is 9.47 Å². The molecule has 5 heteroatoms. The van der Waals surface area contributed by atoms with Gasteiger partial charge in [-0.2, -0.15) is 0 Å². The third kappa shape index (κ3) is 5.93. The first-order valence-corrected chi connectivity index (χ1v) is 5.09. The lowest BCUT2D eigenvalue weighted by atomic mass is 10.2. The third-order valence-electron chi connectivity index (χ3n) is 1.67. The number of carbonyl (C=O) groups is 2. The Hall–Kier alpha value is -1.26. The Morgan fingerprint density at radius 2 is 1.87 bits per heavy atom. The molecule has 88 valence electrons. The van der Waals surface area contributed by atoms with Crippen LogP contribution >= 0.6 is 0 Å². The second kappa shape index (κ2) is 7.09. The zero-order chi connectivity index (χ0) is 11.8. The predicted molar refractivity (Wildman–Crippen MR) is 55.2 cm³/mol. The van der Waals surface area contributed by atoms with E-state index in [9.17, 15) is 9.59 Å².